The molecule has 5 nitrogen and oxygen atoms in total. The highest BCUT2D eigenvalue weighted by Crippen LogP contribution is 2.11. The van der Waals surface area contributed by atoms with Crippen molar-refractivity contribution in [2.75, 3.05) is 6.54 Å². The van der Waals surface area contributed by atoms with Crippen molar-refractivity contribution in [3.05, 3.63) is 0 Å². The summed E-state index contributed by atoms with van der Waals surface area (Å²) in [5, 5.41) is 5.36. The molecule has 0 aliphatic heterocycles. The van der Waals surface area contributed by atoms with Gasteiger partial charge in [0.05, 0.1) is 0 Å². The first kappa shape index (κ1) is 16.7. The van der Waals surface area contributed by atoms with E-state index in [0.29, 0.717) is 6.54 Å². The Kier molecular flexibility index (Phi) is 6.73. The first-order valence-corrected chi connectivity index (χ1v) is 6.48. The lowest BCUT2D eigenvalue weighted by Crippen LogP contribution is -2.51. The lowest BCUT2D eigenvalue weighted by Gasteiger charge is -2.26. The van der Waals surface area contributed by atoms with E-state index in [1.165, 1.54) is 0 Å². The van der Waals surface area contributed by atoms with Crippen LogP contribution in [0.3, 0.4) is 0 Å². The smallest absolute Gasteiger partial charge is 0.408 e. The molecule has 2 N–H and O–H groups in total. The summed E-state index contributed by atoms with van der Waals surface area (Å²) in [5.41, 5.74) is -0.564. The number of amides is 2. The van der Waals surface area contributed by atoms with E-state index in [2.05, 4.69) is 10.6 Å². The van der Waals surface area contributed by atoms with Crippen LogP contribution in [0.5, 0.6) is 0 Å². The van der Waals surface area contributed by atoms with Crippen molar-refractivity contribution < 1.29 is 14.3 Å². The van der Waals surface area contributed by atoms with Gasteiger partial charge in [0.1, 0.15) is 11.6 Å². The summed E-state index contributed by atoms with van der Waals surface area (Å²) >= 11 is 0. The monoisotopic (exact) mass is 258 g/mol. The second-order valence-electron chi connectivity index (χ2n) is 5.40. The van der Waals surface area contributed by atoms with E-state index in [9.17, 15) is 9.59 Å². The SMILES string of the molecule is CCNC(=O)[C@H](NC(=O)OC(C)(C)C)[C@@H](C)CC. The Morgan fingerprint density at radius 3 is 2.17 bits per heavy atom. The van der Waals surface area contributed by atoms with Crippen LogP contribution in [0.25, 0.3) is 0 Å². The molecule has 0 spiro atoms. The molecule has 0 aliphatic rings. The van der Waals surface area contributed by atoms with Crippen molar-refractivity contribution in [3.8, 4) is 0 Å². The molecular weight excluding hydrogens is 232 g/mol. The second kappa shape index (κ2) is 7.24. The Bertz CT molecular complexity index is 284. The number of nitrogens with one attached hydrogen (secondary N) is 2. The third kappa shape index (κ3) is 6.47. The molecule has 0 aromatic heterocycles. The van der Waals surface area contributed by atoms with E-state index in [0.717, 1.165) is 6.42 Å². The second-order valence-corrected chi connectivity index (χ2v) is 5.40. The minimum Gasteiger partial charge on any atom is -0.444 e. The standard InChI is InChI=1S/C13H26N2O3/c1-7-9(3)10(11(16)14-8-2)15-12(17)18-13(4,5)6/h9-10H,7-8H2,1-6H3,(H,14,16)(H,15,17)/t9-,10+/m0/s1. The topological polar surface area (TPSA) is 67.4 Å². The summed E-state index contributed by atoms with van der Waals surface area (Å²) in [4.78, 5) is 23.5. The van der Waals surface area contributed by atoms with E-state index in [1.54, 1.807) is 20.8 Å². The Hall–Kier alpha value is -1.26. The predicted molar refractivity (Wildman–Crippen MR) is 71.3 cm³/mol. The van der Waals surface area contributed by atoms with Crippen LogP contribution in [-0.4, -0.2) is 30.2 Å². The Morgan fingerprint density at radius 2 is 1.78 bits per heavy atom. The average molecular weight is 258 g/mol. The van der Waals surface area contributed by atoms with Crippen LogP contribution >= 0.6 is 0 Å². The fraction of sp³-hybridized carbons (Fsp3) is 0.846. The van der Waals surface area contributed by atoms with Gasteiger partial charge in [-0.1, -0.05) is 20.3 Å². The largest absolute Gasteiger partial charge is 0.444 e. The number of hydrogen-bond donors (Lipinski definition) is 2. The average Bonchev–Trinajstić information content (AvgIpc) is 2.22. The molecule has 106 valence electrons. The van der Waals surface area contributed by atoms with Crippen molar-refractivity contribution in [2.45, 2.75) is 59.6 Å². The van der Waals surface area contributed by atoms with Crippen LogP contribution in [0.1, 0.15) is 48.0 Å². The maximum Gasteiger partial charge on any atom is 0.408 e. The number of carbonyl (C=O) groups is 2. The van der Waals surface area contributed by atoms with Gasteiger partial charge < -0.3 is 15.4 Å². The summed E-state index contributed by atoms with van der Waals surface area (Å²) in [7, 11) is 0. The molecular formula is C13H26N2O3. The molecule has 2 atom stereocenters. The Balaban J connectivity index is 4.59. The molecule has 0 aromatic carbocycles. The van der Waals surface area contributed by atoms with E-state index in [1.807, 2.05) is 20.8 Å². The Labute approximate surface area is 110 Å². The summed E-state index contributed by atoms with van der Waals surface area (Å²) in [5.74, 6) is -0.109. The molecule has 0 fully saturated rings. The fourth-order valence-electron chi connectivity index (χ4n) is 1.42. The zero-order chi connectivity index (χ0) is 14.3. The van der Waals surface area contributed by atoms with Crippen LogP contribution in [0.2, 0.25) is 0 Å². The Morgan fingerprint density at radius 1 is 1.22 bits per heavy atom. The highest BCUT2D eigenvalue weighted by molar-refractivity contribution is 5.85. The van der Waals surface area contributed by atoms with Gasteiger partial charge in [0.2, 0.25) is 5.91 Å². The van der Waals surface area contributed by atoms with Crippen LogP contribution in [0.15, 0.2) is 0 Å². The molecule has 0 saturated carbocycles. The van der Waals surface area contributed by atoms with Crippen LogP contribution in [0.4, 0.5) is 4.79 Å². The maximum atomic E-state index is 11.9. The normalized spacial score (nSPS) is 14.6. The fourth-order valence-corrected chi connectivity index (χ4v) is 1.42. The minimum atomic E-state index is -0.564. The van der Waals surface area contributed by atoms with Crippen molar-refractivity contribution in [3.63, 3.8) is 0 Å². The summed E-state index contributed by atoms with van der Waals surface area (Å²) in [6.45, 7) is 11.7. The number of hydrogen-bond acceptors (Lipinski definition) is 3. The van der Waals surface area contributed by atoms with Crippen LogP contribution < -0.4 is 10.6 Å². The molecule has 2 amide bonds. The first-order chi connectivity index (χ1) is 8.21. The van der Waals surface area contributed by atoms with Gasteiger partial charge in [-0.15, -0.1) is 0 Å². The summed E-state index contributed by atoms with van der Waals surface area (Å²) in [6, 6.07) is -0.551. The van der Waals surface area contributed by atoms with Crippen LogP contribution in [0, 0.1) is 5.92 Å². The van der Waals surface area contributed by atoms with Crippen molar-refractivity contribution in [2.24, 2.45) is 5.92 Å². The summed E-state index contributed by atoms with van der Waals surface area (Å²) in [6.07, 6.45) is 0.247. The number of likely N-dealkylation sites (N-methyl/N-ethyl adjacent to an activating group) is 1. The van der Waals surface area contributed by atoms with E-state index >= 15 is 0 Å². The molecule has 0 aliphatic carbocycles. The van der Waals surface area contributed by atoms with Gasteiger partial charge in [0, 0.05) is 6.54 Å². The minimum absolute atomic E-state index is 0.0593. The van der Waals surface area contributed by atoms with E-state index in [-0.39, 0.29) is 11.8 Å². The summed E-state index contributed by atoms with van der Waals surface area (Å²) < 4.78 is 5.16. The van der Waals surface area contributed by atoms with E-state index < -0.39 is 17.7 Å². The predicted octanol–water partition coefficient (Wildman–Crippen LogP) is 2.06. The zero-order valence-corrected chi connectivity index (χ0v) is 12.3. The van der Waals surface area contributed by atoms with Gasteiger partial charge in [-0.25, -0.2) is 4.79 Å². The third-order valence-corrected chi connectivity index (χ3v) is 2.52. The third-order valence-electron chi connectivity index (χ3n) is 2.52. The van der Waals surface area contributed by atoms with Gasteiger partial charge in [-0.2, -0.15) is 0 Å². The maximum absolute atomic E-state index is 11.9. The van der Waals surface area contributed by atoms with Gasteiger partial charge in [0.15, 0.2) is 0 Å². The first-order valence-electron chi connectivity index (χ1n) is 6.48. The molecule has 18 heavy (non-hydrogen) atoms. The molecule has 0 bridgehead atoms. The molecule has 0 unspecified atom stereocenters. The van der Waals surface area contributed by atoms with E-state index in [4.69, 9.17) is 4.74 Å². The van der Waals surface area contributed by atoms with Gasteiger partial charge in [0.25, 0.3) is 0 Å². The van der Waals surface area contributed by atoms with Gasteiger partial charge in [-0.3, -0.25) is 4.79 Å². The number of carbonyl (C=O) groups excluding carboxylic acids is 2. The van der Waals surface area contributed by atoms with Crippen molar-refractivity contribution in [1.29, 1.82) is 0 Å². The van der Waals surface area contributed by atoms with Gasteiger partial charge in [-0.05, 0) is 33.6 Å². The molecule has 5 heteroatoms. The molecule has 0 saturated heterocycles. The number of ether oxygens (including phenoxy) is 1. The lowest BCUT2D eigenvalue weighted by molar-refractivity contribution is -0.124. The zero-order valence-electron chi connectivity index (χ0n) is 12.3. The van der Waals surface area contributed by atoms with Crippen molar-refractivity contribution in [1.82, 2.24) is 10.6 Å². The van der Waals surface area contributed by atoms with Crippen LogP contribution in [-0.2, 0) is 9.53 Å². The molecule has 0 aromatic rings. The number of rotatable bonds is 5. The lowest BCUT2D eigenvalue weighted by atomic mass is 9.98. The highest BCUT2D eigenvalue weighted by atomic mass is 16.6. The molecule has 0 radical (unpaired) electrons. The molecule has 0 heterocycles. The number of alkyl carbamates (subject to hydrolysis) is 1. The molecule has 0 rings (SSSR count). The highest BCUT2D eigenvalue weighted by Gasteiger charge is 2.27. The van der Waals surface area contributed by atoms with Gasteiger partial charge >= 0.3 is 6.09 Å². The van der Waals surface area contributed by atoms with Crippen molar-refractivity contribution >= 4 is 12.0 Å². The quantitative estimate of drug-likeness (QED) is 0.793.